The van der Waals surface area contributed by atoms with Crippen molar-refractivity contribution in [2.45, 2.75) is 33.7 Å². The van der Waals surface area contributed by atoms with E-state index in [1.807, 2.05) is 20.8 Å². The van der Waals surface area contributed by atoms with Crippen LogP contribution in [0.15, 0.2) is 0 Å². The molecule has 0 aliphatic heterocycles. The lowest BCUT2D eigenvalue weighted by atomic mass is 10.1. The van der Waals surface area contributed by atoms with Gasteiger partial charge in [0.2, 0.25) is 0 Å². The number of carbonyl (C=O) groups is 2. The van der Waals surface area contributed by atoms with Gasteiger partial charge in [-0.3, -0.25) is 5.32 Å². The summed E-state index contributed by atoms with van der Waals surface area (Å²) < 4.78 is 0. The number of aryl methyl sites for hydroxylation is 1. The molecular weight excluding hydrogens is 252 g/mol. The van der Waals surface area contributed by atoms with Crippen molar-refractivity contribution in [1.82, 2.24) is 4.90 Å². The number of carbonyl (C=O) groups excluding carboxylic acids is 1. The minimum atomic E-state index is -1.01. The van der Waals surface area contributed by atoms with Gasteiger partial charge in [-0.1, -0.05) is 0 Å². The number of urea groups is 1. The van der Waals surface area contributed by atoms with E-state index in [1.54, 1.807) is 14.0 Å². The van der Waals surface area contributed by atoms with Crippen molar-refractivity contribution < 1.29 is 14.7 Å². The summed E-state index contributed by atoms with van der Waals surface area (Å²) in [5.74, 6) is -1.01. The number of hydrogen-bond donors (Lipinski definition) is 2. The number of anilines is 1. The molecule has 1 rings (SSSR count). The molecule has 0 radical (unpaired) electrons. The van der Waals surface area contributed by atoms with E-state index in [1.165, 1.54) is 16.2 Å². The second-order valence-corrected chi connectivity index (χ2v) is 5.65. The highest BCUT2D eigenvalue weighted by Gasteiger charge is 2.21. The first kappa shape index (κ1) is 14.5. The van der Waals surface area contributed by atoms with E-state index in [4.69, 9.17) is 5.11 Å². The summed E-state index contributed by atoms with van der Waals surface area (Å²) in [6.45, 7) is 7.37. The molecule has 100 valence electrons. The summed E-state index contributed by atoms with van der Waals surface area (Å²) in [5.41, 5.74) is 0.887. The Morgan fingerprint density at radius 1 is 1.33 bits per heavy atom. The maximum Gasteiger partial charge on any atom is 0.338 e. The lowest BCUT2D eigenvalue weighted by Crippen LogP contribution is -2.36. The molecule has 2 amide bonds. The van der Waals surface area contributed by atoms with Crippen LogP contribution in [0.5, 0.6) is 0 Å². The fourth-order valence-electron chi connectivity index (χ4n) is 1.39. The summed E-state index contributed by atoms with van der Waals surface area (Å²) in [7, 11) is 1.67. The van der Waals surface area contributed by atoms with E-state index in [0.29, 0.717) is 10.6 Å². The molecule has 0 aliphatic rings. The van der Waals surface area contributed by atoms with E-state index < -0.39 is 5.97 Å². The molecular formula is C12H18N2O3S. The van der Waals surface area contributed by atoms with E-state index in [0.717, 1.165) is 4.88 Å². The first-order valence-electron chi connectivity index (χ1n) is 5.62. The SMILES string of the molecule is Cc1sc(NC(=O)N(C)C(C)C)c(C(=O)O)c1C. The molecule has 0 spiro atoms. The average Bonchev–Trinajstić information content (AvgIpc) is 2.53. The third kappa shape index (κ3) is 2.81. The third-order valence-corrected chi connectivity index (χ3v) is 4.04. The van der Waals surface area contributed by atoms with Crippen LogP contribution in [-0.4, -0.2) is 35.1 Å². The number of amides is 2. The minimum absolute atomic E-state index is 0.0560. The molecule has 0 aliphatic carbocycles. The second kappa shape index (κ2) is 5.39. The van der Waals surface area contributed by atoms with Gasteiger partial charge in [0.05, 0.1) is 5.56 Å². The van der Waals surface area contributed by atoms with Gasteiger partial charge >= 0.3 is 12.0 Å². The van der Waals surface area contributed by atoms with Crippen LogP contribution in [-0.2, 0) is 0 Å². The molecule has 18 heavy (non-hydrogen) atoms. The Morgan fingerprint density at radius 3 is 2.33 bits per heavy atom. The largest absolute Gasteiger partial charge is 0.478 e. The molecule has 0 saturated carbocycles. The van der Waals surface area contributed by atoms with Crippen molar-refractivity contribution >= 4 is 28.3 Å². The molecule has 1 aromatic rings. The zero-order valence-corrected chi connectivity index (χ0v) is 12.0. The number of rotatable bonds is 3. The Labute approximate surface area is 110 Å². The number of aromatic carboxylic acids is 1. The van der Waals surface area contributed by atoms with Gasteiger partial charge in [0.25, 0.3) is 0 Å². The summed E-state index contributed by atoms with van der Waals surface area (Å²) in [5, 5.41) is 12.2. The topological polar surface area (TPSA) is 69.6 Å². The standard InChI is InChI=1S/C12H18N2O3S/c1-6(2)14(5)12(17)13-10-9(11(15)16)7(3)8(4)18-10/h6H,1-5H3,(H,13,17)(H,15,16). The molecule has 0 bridgehead atoms. The predicted octanol–water partition coefficient (Wildman–Crippen LogP) is 2.94. The Bertz CT molecular complexity index is 480. The summed E-state index contributed by atoms with van der Waals surface area (Å²) in [6, 6.07) is -0.241. The number of carboxylic acid groups (broad SMARTS) is 1. The first-order chi connectivity index (χ1) is 8.25. The summed E-state index contributed by atoms with van der Waals surface area (Å²) in [4.78, 5) is 25.5. The van der Waals surface area contributed by atoms with Gasteiger partial charge in [-0.05, 0) is 33.3 Å². The molecule has 2 N–H and O–H groups in total. The van der Waals surface area contributed by atoms with Gasteiger partial charge in [0.15, 0.2) is 0 Å². The van der Waals surface area contributed by atoms with Crippen molar-refractivity contribution in [3.8, 4) is 0 Å². The van der Waals surface area contributed by atoms with Crippen molar-refractivity contribution in [2.75, 3.05) is 12.4 Å². The molecule has 0 fully saturated rings. The fourth-order valence-corrected chi connectivity index (χ4v) is 2.43. The maximum atomic E-state index is 11.9. The van der Waals surface area contributed by atoms with E-state index in [9.17, 15) is 9.59 Å². The van der Waals surface area contributed by atoms with Crippen LogP contribution < -0.4 is 5.32 Å². The summed E-state index contributed by atoms with van der Waals surface area (Å²) in [6.07, 6.45) is 0. The fraction of sp³-hybridized carbons (Fsp3) is 0.500. The van der Waals surface area contributed by atoms with Crippen LogP contribution in [0.25, 0.3) is 0 Å². The van der Waals surface area contributed by atoms with Crippen LogP contribution >= 0.6 is 11.3 Å². The van der Waals surface area contributed by atoms with Gasteiger partial charge in [-0.25, -0.2) is 9.59 Å². The monoisotopic (exact) mass is 270 g/mol. The minimum Gasteiger partial charge on any atom is -0.478 e. The van der Waals surface area contributed by atoms with Crippen LogP contribution in [0.2, 0.25) is 0 Å². The highest BCUT2D eigenvalue weighted by molar-refractivity contribution is 7.16. The number of hydrogen-bond acceptors (Lipinski definition) is 3. The molecule has 0 saturated heterocycles. The molecule has 5 nitrogen and oxygen atoms in total. The van der Waals surface area contributed by atoms with Crippen molar-refractivity contribution in [3.05, 3.63) is 16.0 Å². The van der Waals surface area contributed by atoms with E-state index in [2.05, 4.69) is 5.32 Å². The first-order valence-corrected chi connectivity index (χ1v) is 6.44. The summed E-state index contributed by atoms with van der Waals surface area (Å²) >= 11 is 1.29. The molecule has 6 heteroatoms. The highest BCUT2D eigenvalue weighted by atomic mass is 32.1. The zero-order chi connectivity index (χ0) is 14.0. The van der Waals surface area contributed by atoms with Gasteiger partial charge in [-0.15, -0.1) is 11.3 Å². The maximum absolute atomic E-state index is 11.9. The Hall–Kier alpha value is -1.56. The van der Waals surface area contributed by atoms with Crippen LogP contribution in [0, 0.1) is 13.8 Å². The third-order valence-electron chi connectivity index (χ3n) is 2.91. The molecule has 0 aromatic carbocycles. The lowest BCUT2D eigenvalue weighted by Gasteiger charge is -2.21. The molecule has 0 atom stereocenters. The molecule has 0 unspecified atom stereocenters. The lowest BCUT2D eigenvalue weighted by molar-refractivity contribution is 0.0697. The Balaban J connectivity index is 3.02. The van der Waals surface area contributed by atoms with Gasteiger partial charge in [-0.2, -0.15) is 0 Å². The van der Waals surface area contributed by atoms with Crippen LogP contribution in [0.1, 0.15) is 34.6 Å². The number of nitrogens with zero attached hydrogens (tertiary/aromatic N) is 1. The van der Waals surface area contributed by atoms with Crippen molar-refractivity contribution in [3.63, 3.8) is 0 Å². The van der Waals surface area contributed by atoms with Crippen molar-refractivity contribution in [1.29, 1.82) is 0 Å². The van der Waals surface area contributed by atoms with E-state index >= 15 is 0 Å². The van der Waals surface area contributed by atoms with Gasteiger partial charge in [0.1, 0.15) is 5.00 Å². The Kier molecular flexibility index (Phi) is 4.34. The quantitative estimate of drug-likeness (QED) is 0.887. The van der Waals surface area contributed by atoms with Gasteiger partial charge < -0.3 is 10.0 Å². The highest BCUT2D eigenvalue weighted by Crippen LogP contribution is 2.32. The number of nitrogens with one attached hydrogen (secondary N) is 1. The Morgan fingerprint density at radius 2 is 1.89 bits per heavy atom. The van der Waals surface area contributed by atoms with Crippen LogP contribution in [0.4, 0.5) is 9.80 Å². The number of thiophene rings is 1. The van der Waals surface area contributed by atoms with E-state index in [-0.39, 0.29) is 17.6 Å². The zero-order valence-electron chi connectivity index (χ0n) is 11.2. The van der Waals surface area contributed by atoms with Gasteiger partial charge in [0, 0.05) is 18.0 Å². The predicted molar refractivity (Wildman–Crippen MR) is 72.7 cm³/mol. The van der Waals surface area contributed by atoms with Crippen molar-refractivity contribution in [2.24, 2.45) is 0 Å². The molecule has 1 heterocycles. The number of carboxylic acids is 1. The second-order valence-electron chi connectivity index (χ2n) is 4.43. The van der Waals surface area contributed by atoms with Crippen LogP contribution in [0.3, 0.4) is 0 Å². The smallest absolute Gasteiger partial charge is 0.338 e. The normalized spacial score (nSPS) is 10.6. The average molecular weight is 270 g/mol. The molecule has 1 aromatic heterocycles.